The standard InChI is InChI=1S/C71H53NO/c1-2-16-47(17-3-1)49-18-14-19-53(43-49)72(52-34-32-48(33-35-52)55-20-4-5-21-56(55)59-25-15-31-68-69(59)60-24-8-13-30-67(60)73-68)54-36-37-65-66(44-54)71(61-26-9-6-22-57(61)58-23-7-10-27-62(58)71)64-29-12-11-28-63(64)70(65)50-39-45-38-46(41-50)42-51(70)40-45/h1-37,43-46,50-51H,38-42H2. The van der Waals surface area contributed by atoms with E-state index in [1.165, 1.54) is 105 Å². The molecule has 1 aromatic heterocycles. The number of nitrogens with zero attached hydrogens (tertiary/aromatic N) is 1. The highest BCUT2D eigenvalue weighted by Gasteiger charge is 2.64. The van der Waals surface area contributed by atoms with Gasteiger partial charge in [-0.15, -0.1) is 0 Å². The van der Waals surface area contributed by atoms with E-state index in [4.69, 9.17) is 4.42 Å². The Morgan fingerprint density at radius 2 is 0.863 bits per heavy atom. The Balaban J connectivity index is 0.923. The van der Waals surface area contributed by atoms with Gasteiger partial charge in [0.2, 0.25) is 0 Å². The molecule has 4 bridgehead atoms. The van der Waals surface area contributed by atoms with Crippen molar-refractivity contribution < 1.29 is 4.42 Å². The summed E-state index contributed by atoms with van der Waals surface area (Å²) in [6.45, 7) is 0. The zero-order chi connectivity index (χ0) is 47.8. The molecule has 0 saturated heterocycles. The van der Waals surface area contributed by atoms with Gasteiger partial charge in [-0.05, 0) is 182 Å². The van der Waals surface area contributed by atoms with Crippen LogP contribution >= 0.6 is 0 Å². The fourth-order valence-electron chi connectivity index (χ4n) is 16.1. The summed E-state index contributed by atoms with van der Waals surface area (Å²) in [6.07, 6.45) is 6.78. The summed E-state index contributed by atoms with van der Waals surface area (Å²) in [7, 11) is 0. The molecule has 11 aromatic rings. The quantitative estimate of drug-likeness (QED) is 0.165. The molecule has 6 aliphatic carbocycles. The van der Waals surface area contributed by atoms with Crippen molar-refractivity contribution >= 4 is 39.0 Å². The highest BCUT2D eigenvalue weighted by molar-refractivity contribution is 6.13. The number of para-hydroxylation sites is 1. The van der Waals surface area contributed by atoms with Crippen LogP contribution in [0.25, 0.3) is 66.4 Å². The SMILES string of the molecule is c1ccc(-c2cccc(N(c3ccc(-c4ccccc4-c4cccc5oc6ccccc6c45)cc3)c3ccc4c(c3)C3(c5ccccc5-c5ccccc53)c3ccccc3C43C4CC5CC(C4)CC3C5)c2)cc1. The summed E-state index contributed by atoms with van der Waals surface area (Å²) in [5.41, 5.74) is 23.5. The van der Waals surface area contributed by atoms with Gasteiger partial charge in [0, 0.05) is 33.2 Å². The molecular weight excluding hydrogens is 883 g/mol. The molecule has 4 saturated carbocycles. The smallest absolute Gasteiger partial charge is 0.136 e. The van der Waals surface area contributed by atoms with Crippen LogP contribution in [0.3, 0.4) is 0 Å². The fraction of sp³-hybridized carbons (Fsp3) is 0.155. The van der Waals surface area contributed by atoms with Gasteiger partial charge in [0.25, 0.3) is 0 Å². The summed E-state index contributed by atoms with van der Waals surface area (Å²) in [4.78, 5) is 2.53. The zero-order valence-electron chi connectivity index (χ0n) is 40.7. The number of benzene rings is 10. The van der Waals surface area contributed by atoms with Crippen LogP contribution in [0.1, 0.15) is 65.5 Å². The van der Waals surface area contributed by atoms with Crippen LogP contribution in [0.5, 0.6) is 0 Å². The number of hydrogen-bond donors (Lipinski definition) is 0. The summed E-state index contributed by atoms with van der Waals surface area (Å²) >= 11 is 0. The molecule has 0 aliphatic heterocycles. The van der Waals surface area contributed by atoms with Gasteiger partial charge in [0.05, 0.1) is 5.41 Å². The van der Waals surface area contributed by atoms with E-state index >= 15 is 0 Å². The lowest BCUT2D eigenvalue weighted by Gasteiger charge is -2.65. The molecule has 0 amide bonds. The molecule has 348 valence electrons. The molecule has 0 unspecified atom stereocenters. The lowest BCUT2D eigenvalue weighted by atomic mass is 9.38. The Bertz CT molecular complexity index is 3930. The molecule has 2 spiro atoms. The van der Waals surface area contributed by atoms with Gasteiger partial charge in [0.1, 0.15) is 11.2 Å². The molecule has 2 nitrogen and oxygen atoms in total. The van der Waals surface area contributed by atoms with Crippen molar-refractivity contribution in [3.63, 3.8) is 0 Å². The second kappa shape index (κ2) is 15.6. The minimum atomic E-state index is -0.483. The minimum absolute atomic E-state index is 0.0320. The first-order valence-corrected chi connectivity index (χ1v) is 26.7. The molecule has 17 rings (SSSR count). The van der Waals surface area contributed by atoms with Crippen LogP contribution in [0.2, 0.25) is 0 Å². The highest BCUT2D eigenvalue weighted by atomic mass is 16.3. The monoisotopic (exact) mass is 935 g/mol. The first kappa shape index (κ1) is 41.4. The predicted molar refractivity (Wildman–Crippen MR) is 300 cm³/mol. The summed E-state index contributed by atoms with van der Waals surface area (Å²) < 4.78 is 6.39. The van der Waals surface area contributed by atoms with E-state index in [0.717, 1.165) is 45.1 Å². The third-order valence-electron chi connectivity index (χ3n) is 18.5. The normalized spacial score (nSPS) is 21.3. The number of anilines is 3. The van der Waals surface area contributed by atoms with Crippen molar-refractivity contribution in [1.29, 1.82) is 0 Å². The van der Waals surface area contributed by atoms with Crippen LogP contribution in [-0.2, 0) is 10.8 Å². The van der Waals surface area contributed by atoms with Crippen LogP contribution in [0.15, 0.2) is 241 Å². The molecule has 6 aliphatic rings. The Hall–Kier alpha value is -8.20. The van der Waals surface area contributed by atoms with Crippen LogP contribution in [0.4, 0.5) is 17.1 Å². The van der Waals surface area contributed by atoms with Crippen LogP contribution in [-0.4, -0.2) is 0 Å². The van der Waals surface area contributed by atoms with E-state index in [9.17, 15) is 0 Å². The largest absolute Gasteiger partial charge is 0.456 e. The van der Waals surface area contributed by atoms with Gasteiger partial charge in [-0.2, -0.15) is 0 Å². The van der Waals surface area contributed by atoms with Gasteiger partial charge in [-0.25, -0.2) is 0 Å². The number of furan rings is 1. The van der Waals surface area contributed by atoms with E-state index in [-0.39, 0.29) is 5.41 Å². The maximum absolute atomic E-state index is 6.39. The third-order valence-corrected chi connectivity index (χ3v) is 18.5. The van der Waals surface area contributed by atoms with E-state index in [1.54, 1.807) is 11.1 Å². The van der Waals surface area contributed by atoms with Crippen molar-refractivity contribution in [3.8, 4) is 44.5 Å². The van der Waals surface area contributed by atoms with E-state index in [2.05, 4.69) is 241 Å². The van der Waals surface area contributed by atoms with Gasteiger partial charge < -0.3 is 9.32 Å². The summed E-state index contributed by atoms with van der Waals surface area (Å²) in [5.74, 6) is 2.97. The summed E-state index contributed by atoms with van der Waals surface area (Å²) in [5, 5.41) is 2.29. The second-order valence-corrected chi connectivity index (χ2v) is 21.9. The average molecular weight is 936 g/mol. The number of hydrogen-bond acceptors (Lipinski definition) is 2. The molecule has 10 aromatic carbocycles. The third kappa shape index (κ3) is 5.75. The molecular formula is C71H53NO. The van der Waals surface area contributed by atoms with E-state index < -0.39 is 5.41 Å². The molecule has 0 atom stereocenters. The number of fused-ring (bicyclic) bond motifs is 12. The molecule has 0 N–H and O–H groups in total. The Morgan fingerprint density at radius 1 is 0.329 bits per heavy atom. The molecule has 0 radical (unpaired) electrons. The van der Waals surface area contributed by atoms with Crippen molar-refractivity contribution in [3.05, 3.63) is 270 Å². The highest BCUT2D eigenvalue weighted by Crippen LogP contribution is 2.71. The fourth-order valence-corrected chi connectivity index (χ4v) is 16.1. The lowest BCUT2D eigenvalue weighted by molar-refractivity contribution is -0.0440. The average Bonchev–Trinajstić information content (AvgIpc) is 4.09. The van der Waals surface area contributed by atoms with Crippen molar-refractivity contribution in [1.82, 2.24) is 0 Å². The van der Waals surface area contributed by atoms with Crippen molar-refractivity contribution in [2.24, 2.45) is 23.7 Å². The minimum Gasteiger partial charge on any atom is -0.456 e. The van der Waals surface area contributed by atoms with Gasteiger partial charge in [0.15, 0.2) is 0 Å². The van der Waals surface area contributed by atoms with Gasteiger partial charge in [-0.1, -0.05) is 188 Å². The maximum Gasteiger partial charge on any atom is 0.136 e. The van der Waals surface area contributed by atoms with Crippen molar-refractivity contribution in [2.45, 2.75) is 42.9 Å². The van der Waals surface area contributed by atoms with Gasteiger partial charge >= 0.3 is 0 Å². The molecule has 4 fully saturated rings. The van der Waals surface area contributed by atoms with E-state index in [0.29, 0.717) is 11.8 Å². The first-order chi connectivity index (χ1) is 36.2. The Labute approximate surface area is 427 Å². The van der Waals surface area contributed by atoms with E-state index in [1.807, 2.05) is 0 Å². The van der Waals surface area contributed by atoms with Crippen LogP contribution in [0, 0.1) is 23.7 Å². The van der Waals surface area contributed by atoms with Crippen LogP contribution < -0.4 is 4.90 Å². The Kier molecular flexibility index (Phi) is 8.88. The second-order valence-electron chi connectivity index (χ2n) is 21.9. The summed E-state index contributed by atoms with van der Waals surface area (Å²) in [6, 6.07) is 89.4. The molecule has 2 heteroatoms. The number of rotatable bonds is 6. The first-order valence-electron chi connectivity index (χ1n) is 26.7. The predicted octanol–water partition coefficient (Wildman–Crippen LogP) is 18.5. The van der Waals surface area contributed by atoms with Crippen molar-refractivity contribution in [2.75, 3.05) is 4.90 Å². The topological polar surface area (TPSA) is 16.4 Å². The molecule has 1 heterocycles. The zero-order valence-corrected chi connectivity index (χ0v) is 40.7. The maximum atomic E-state index is 6.39. The van der Waals surface area contributed by atoms with Gasteiger partial charge in [-0.3, -0.25) is 0 Å². The lowest BCUT2D eigenvalue weighted by Crippen LogP contribution is -2.59. The molecule has 73 heavy (non-hydrogen) atoms. The Morgan fingerprint density at radius 3 is 1.60 bits per heavy atom.